The largest absolute Gasteiger partial charge is 0.507 e. The van der Waals surface area contributed by atoms with Gasteiger partial charge in [0.05, 0.1) is 30.4 Å². The second kappa shape index (κ2) is 10.8. The van der Waals surface area contributed by atoms with E-state index in [2.05, 4.69) is 0 Å². The lowest BCUT2D eigenvalue weighted by Gasteiger charge is -2.25. The van der Waals surface area contributed by atoms with E-state index in [1.807, 2.05) is 44.2 Å². The fourth-order valence-electron chi connectivity index (χ4n) is 3.85. The molecule has 0 spiro atoms. The SMILES string of the molecule is CCOc1ccc(/C(O)=C2/C(=O)C(=O)N(CCCOC)C2c2ccccc2)c(OCC)c1. The number of rotatable bonds is 10. The number of carbonyl (C=O) groups excluding carboxylic acids is 2. The van der Waals surface area contributed by atoms with Crippen molar-refractivity contribution in [3.63, 3.8) is 0 Å². The average Bonchev–Trinajstić information content (AvgIpc) is 3.05. The van der Waals surface area contributed by atoms with Crippen molar-refractivity contribution >= 4 is 17.4 Å². The first-order chi connectivity index (χ1) is 15.5. The molecule has 7 heteroatoms. The van der Waals surface area contributed by atoms with Crippen LogP contribution in [0.5, 0.6) is 11.5 Å². The Morgan fingerprint density at radius 1 is 1.03 bits per heavy atom. The molecule has 170 valence electrons. The summed E-state index contributed by atoms with van der Waals surface area (Å²) in [4.78, 5) is 27.5. The maximum atomic E-state index is 13.1. The molecule has 7 nitrogen and oxygen atoms in total. The third kappa shape index (κ3) is 4.78. The molecule has 0 aliphatic carbocycles. The molecule has 1 unspecified atom stereocenters. The van der Waals surface area contributed by atoms with Gasteiger partial charge in [-0.05, 0) is 38.0 Å². The van der Waals surface area contributed by atoms with E-state index in [1.165, 1.54) is 4.90 Å². The highest BCUT2D eigenvalue weighted by molar-refractivity contribution is 6.46. The van der Waals surface area contributed by atoms with Crippen LogP contribution in [0.4, 0.5) is 0 Å². The summed E-state index contributed by atoms with van der Waals surface area (Å²) < 4.78 is 16.4. The summed E-state index contributed by atoms with van der Waals surface area (Å²) in [7, 11) is 1.59. The Balaban J connectivity index is 2.13. The van der Waals surface area contributed by atoms with Gasteiger partial charge in [0.2, 0.25) is 0 Å². The van der Waals surface area contributed by atoms with Gasteiger partial charge in [0.15, 0.2) is 0 Å². The maximum absolute atomic E-state index is 13.1. The summed E-state index contributed by atoms with van der Waals surface area (Å²) >= 11 is 0. The number of aliphatic hydroxyl groups excluding tert-OH is 1. The van der Waals surface area contributed by atoms with E-state index in [-0.39, 0.29) is 11.3 Å². The number of likely N-dealkylation sites (tertiary alicyclic amines) is 1. The Hall–Kier alpha value is -3.32. The van der Waals surface area contributed by atoms with Gasteiger partial charge in [0, 0.05) is 26.3 Å². The summed E-state index contributed by atoms with van der Waals surface area (Å²) in [6, 6.07) is 13.5. The number of hydrogen-bond acceptors (Lipinski definition) is 6. The van der Waals surface area contributed by atoms with Crippen molar-refractivity contribution in [1.29, 1.82) is 0 Å². The van der Waals surface area contributed by atoms with Gasteiger partial charge in [-0.15, -0.1) is 0 Å². The van der Waals surface area contributed by atoms with Gasteiger partial charge >= 0.3 is 0 Å². The monoisotopic (exact) mass is 439 g/mol. The van der Waals surface area contributed by atoms with E-state index >= 15 is 0 Å². The fourth-order valence-corrected chi connectivity index (χ4v) is 3.85. The Kier molecular flexibility index (Phi) is 7.89. The minimum Gasteiger partial charge on any atom is -0.507 e. The zero-order valence-electron chi connectivity index (χ0n) is 18.7. The molecule has 0 radical (unpaired) electrons. The molecule has 1 amide bonds. The van der Waals surface area contributed by atoms with E-state index < -0.39 is 17.7 Å². The highest BCUT2D eigenvalue weighted by Gasteiger charge is 2.46. The summed E-state index contributed by atoms with van der Waals surface area (Å²) in [5, 5.41) is 11.3. The molecule has 1 N–H and O–H groups in total. The molecule has 0 bridgehead atoms. The minimum atomic E-state index is -0.717. The fraction of sp³-hybridized carbons (Fsp3) is 0.360. The van der Waals surface area contributed by atoms with Crippen LogP contribution in [0.15, 0.2) is 54.1 Å². The van der Waals surface area contributed by atoms with Gasteiger partial charge in [0.25, 0.3) is 11.7 Å². The molecule has 1 fully saturated rings. The predicted molar refractivity (Wildman–Crippen MR) is 121 cm³/mol. The van der Waals surface area contributed by atoms with Gasteiger partial charge < -0.3 is 24.2 Å². The van der Waals surface area contributed by atoms with Crippen LogP contribution in [0.25, 0.3) is 5.76 Å². The number of amides is 1. The number of methoxy groups -OCH3 is 1. The number of ether oxygens (including phenoxy) is 3. The zero-order chi connectivity index (χ0) is 23.1. The van der Waals surface area contributed by atoms with Crippen LogP contribution in [-0.2, 0) is 14.3 Å². The first kappa shape index (κ1) is 23.3. The number of ketones is 1. The van der Waals surface area contributed by atoms with Crippen molar-refractivity contribution in [1.82, 2.24) is 4.90 Å². The molecular weight excluding hydrogens is 410 g/mol. The van der Waals surface area contributed by atoms with E-state index in [4.69, 9.17) is 14.2 Å². The molecule has 1 heterocycles. The Morgan fingerprint density at radius 3 is 2.41 bits per heavy atom. The summed E-state index contributed by atoms with van der Waals surface area (Å²) in [5.74, 6) is -0.649. The van der Waals surface area contributed by atoms with Crippen LogP contribution in [0.2, 0.25) is 0 Å². The zero-order valence-corrected chi connectivity index (χ0v) is 18.7. The van der Waals surface area contributed by atoms with Crippen LogP contribution < -0.4 is 9.47 Å². The Bertz CT molecular complexity index is 985. The number of carbonyl (C=O) groups is 2. The van der Waals surface area contributed by atoms with Crippen molar-refractivity contribution in [3.05, 3.63) is 65.2 Å². The molecule has 1 aliphatic heterocycles. The summed E-state index contributed by atoms with van der Waals surface area (Å²) in [6.07, 6.45) is 0.570. The predicted octanol–water partition coefficient (Wildman–Crippen LogP) is 3.94. The molecule has 2 aromatic carbocycles. The maximum Gasteiger partial charge on any atom is 0.295 e. The van der Waals surface area contributed by atoms with Crippen molar-refractivity contribution in [2.24, 2.45) is 0 Å². The van der Waals surface area contributed by atoms with Crippen LogP contribution >= 0.6 is 0 Å². The first-order valence-corrected chi connectivity index (χ1v) is 10.8. The van der Waals surface area contributed by atoms with Crippen molar-refractivity contribution in [2.75, 3.05) is 33.5 Å². The lowest BCUT2D eigenvalue weighted by Crippen LogP contribution is -2.31. The Labute approximate surface area is 188 Å². The molecule has 1 aliphatic rings. The average molecular weight is 440 g/mol. The third-order valence-electron chi connectivity index (χ3n) is 5.22. The van der Waals surface area contributed by atoms with Gasteiger partial charge in [-0.1, -0.05) is 30.3 Å². The van der Waals surface area contributed by atoms with Gasteiger partial charge in [-0.2, -0.15) is 0 Å². The number of Topliss-reactive ketones (excluding diaryl/α,β-unsaturated/α-hetero) is 1. The normalized spacial score (nSPS) is 17.6. The second-order valence-electron chi connectivity index (χ2n) is 7.27. The number of hydrogen-bond donors (Lipinski definition) is 1. The highest BCUT2D eigenvalue weighted by atomic mass is 16.5. The van der Waals surface area contributed by atoms with Crippen molar-refractivity contribution < 1.29 is 28.9 Å². The summed E-state index contributed by atoms with van der Waals surface area (Å²) in [6.45, 7) is 5.34. The number of benzene rings is 2. The minimum absolute atomic E-state index is 0.0451. The van der Waals surface area contributed by atoms with E-state index in [9.17, 15) is 14.7 Å². The summed E-state index contributed by atoms with van der Waals surface area (Å²) in [5.41, 5.74) is 1.13. The van der Waals surface area contributed by atoms with Crippen molar-refractivity contribution in [3.8, 4) is 11.5 Å². The standard InChI is InChI=1S/C25H29NO6/c1-4-31-18-12-13-19(20(16-18)32-5-2)23(27)21-22(17-10-7-6-8-11-17)26(14-9-15-30-3)25(29)24(21)28/h6-8,10-13,16,22,27H,4-5,9,14-15H2,1-3H3/b23-21-. The molecule has 2 aromatic rings. The lowest BCUT2D eigenvalue weighted by molar-refractivity contribution is -0.140. The highest BCUT2D eigenvalue weighted by Crippen LogP contribution is 2.41. The molecule has 3 rings (SSSR count). The molecular formula is C25H29NO6. The molecule has 32 heavy (non-hydrogen) atoms. The van der Waals surface area contributed by atoms with E-state index in [0.717, 1.165) is 5.56 Å². The van der Waals surface area contributed by atoms with Crippen LogP contribution in [0, 0.1) is 0 Å². The van der Waals surface area contributed by atoms with E-state index in [0.29, 0.717) is 49.8 Å². The Morgan fingerprint density at radius 2 is 1.75 bits per heavy atom. The van der Waals surface area contributed by atoms with Crippen molar-refractivity contribution in [2.45, 2.75) is 26.3 Å². The quantitative estimate of drug-likeness (QED) is 0.261. The van der Waals surface area contributed by atoms with E-state index in [1.54, 1.807) is 25.3 Å². The van der Waals surface area contributed by atoms with Gasteiger partial charge in [0.1, 0.15) is 17.3 Å². The molecule has 0 saturated carbocycles. The number of aliphatic hydroxyl groups is 1. The third-order valence-corrected chi connectivity index (χ3v) is 5.22. The lowest BCUT2D eigenvalue weighted by atomic mass is 9.95. The number of nitrogens with zero attached hydrogens (tertiary/aromatic N) is 1. The van der Waals surface area contributed by atoms with Gasteiger partial charge in [-0.3, -0.25) is 9.59 Å². The van der Waals surface area contributed by atoms with Crippen LogP contribution in [0.1, 0.15) is 37.4 Å². The molecule has 0 aromatic heterocycles. The second-order valence-corrected chi connectivity index (χ2v) is 7.27. The first-order valence-electron chi connectivity index (χ1n) is 10.8. The molecule has 1 saturated heterocycles. The molecule has 1 atom stereocenters. The smallest absolute Gasteiger partial charge is 0.295 e. The van der Waals surface area contributed by atoms with Crippen LogP contribution in [0.3, 0.4) is 0 Å². The van der Waals surface area contributed by atoms with Crippen LogP contribution in [-0.4, -0.2) is 55.2 Å². The topological polar surface area (TPSA) is 85.3 Å². The van der Waals surface area contributed by atoms with Gasteiger partial charge in [-0.25, -0.2) is 0 Å².